The molecule has 1 aliphatic carbocycles. The lowest BCUT2D eigenvalue weighted by Gasteiger charge is -1.90. The van der Waals surface area contributed by atoms with Crippen LogP contribution in [0.2, 0.25) is 0 Å². The Balaban J connectivity index is 2.96. The van der Waals surface area contributed by atoms with Crippen molar-refractivity contribution in [3.05, 3.63) is 16.5 Å². The quantitative estimate of drug-likeness (QED) is 0.457. The fourth-order valence-electron chi connectivity index (χ4n) is 1.84. The highest BCUT2D eigenvalue weighted by atomic mass is 15.1. The molecular formula is C10H15N2+. The molecule has 2 nitrogen and oxygen atoms in total. The van der Waals surface area contributed by atoms with Crippen molar-refractivity contribution >= 4 is 12.2 Å². The standard InChI is InChI=1S/C10H15N2/c1-8-11(2)9-6-4-5-7-10(9)12(8)3/h6-7H,4-5H2,1-3H3/q+1. The molecule has 1 aromatic rings. The summed E-state index contributed by atoms with van der Waals surface area (Å²) in [4.78, 5) is 0. The van der Waals surface area contributed by atoms with Crippen LogP contribution >= 0.6 is 0 Å². The van der Waals surface area contributed by atoms with Crippen LogP contribution in [0.25, 0.3) is 12.2 Å². The molecule has 0 aliphatic heterocycles. The van der Waals surface area contributed by atoms with Gasteiger partial charge in [-0.15, -0.1) is 0 Å². The highest BCUT2D eigenvalue weighted by Crippen LogP contribution is 1.94. The van der Waals surface area contributed by atoms with Gasteiger partial charge in [0, 0.05) is 6.92 Å². The lowest BCUT2D eigenvalue weighted by atomic mass is 10.2. The van der Waals surface area contributed by atoms with Crippen LogP contribution in [0, 0.1) is 6.92 Å². The zero-order valence-corrected chi connectivity index (χ0v) is 7.96. The zero-order chi connectivity index (χ0) is 8.72. The topological polar surface area (TPSA) is 8.81 Å². The summed E-state index contributed by atoms with van der Waals surface area (Å²) >= 11 is 0. The van der Waals surface area contributed by atoms with E-state index in [1.165, 1.54) is 29.4 Å². The van der Waals surface area contributed by atoms with Crippen molar-refractivity contribution in [1.29, 1.82) is 0 Å². The monoisotopic (exact) mass is 163 g/mol. The third-order valence-corrected chi connectivity index (χ3v) is 2.80. The predicted molar refractivity (Wildman–Crippen MR) is 48.7 cm³/mol. The maximum atomic E-state index is 2.32. The van der Waals surface area contributed by atoms with E-state index in [2.05, 4.69) is 42.3 Å². The Hall–Kier alpha value is -1.05. The van der Waals surface area contributed by atoms with Gasteiger partial charge in [0.2, 0.25) is 0 Å². The molecule has 1 heterocycles. The smallest absolute Gasteiger partial charge is 0.231 e. The van der Waals surface area contributed by atoms with Crippen LogP contribution in [0.4, 0.5) is 0 Å². The lowest BCUT2D eigenvalue weighted by molar-refractivity contribution is -0.690. The second kappa shape index (κ2) is 2.47. The molecule has 0 atom stereocenters. The number of imidazole rings is 1. The summed E-state index contributed by atoms with van der Waals surface area (Å²) in [5.74, 6) is 1.31. The average Bonchev–Trinajstić information content (AvgIpc) is 2.33. The molecule has 64 valence electrons. The van der Waals surface area contributed by atoms with Crippen LogP contribution in [-0.4, -0.2) is 4.57 Å². The van der Waals surface area contributed by atoms with E-state index >= 15 is 0 Å². The number of nitrogens with zero attached hydrogens (tertiary/aromatic N) is 2. The Kier molecular flexibility index (Phi) is 1.56. The summed E-state index contributed by atoms with van der Waals surface area (Å²) in [5.41, 5.74) is 0. The number of rotatable bonds is 0. The van der Waals surface area contributed by atoms with Gasteiger partial charge in [-0.2, -0.15) is 0 Å². The van der Waals surface area contributed by atoms with E-state index in [0.29, 0.717) is 0 Å². The van der Waals surface area contributed by atoms with E-state index in [1.807, 2.05) is 0 Å². The van der Waals surface area contributed by atoms with Gasteiger partial charge in [-0.1, -0.05) is 0 Å². The SMILES string of the molecule is Cc1n(C)c2c([n+]1C)=CCCC=2. The van der Waals surface area contributed by atoms with Gasteiger partial charge in [-0.3, -0.25) is 0 Å². The highest BCUT2D eigenvalue weighted by molar-refractivity contribution is 5.32. The maximum absolute atomic E-state index is 2.32. The van der Waals surface area contributed by atoms with Crippen molar-refractivity contribution in [2.45, 2.75) is 19.8 Å². The van der Waals surface area contributed by atoms with E-state index in [4.69, 9.17) is 0 Å². The molecule has 12 heavy (non-hydrogen) atoms. The van der Waals surface area contributed by atoms with Crippen molar-refractivity contribution in [3.63, 3.8) is 0 Å². The summed E-state index contributed by atoms with van der Waals surface area (Å²) in [6.45, 7) is 2.15. The molecule has 0 N–H and O–H groups in total. The third kappa shape index (κ3) is 0.840. The van der Waals surface area contributed by atoms with E-state index in [9.17, 15) is 0 Å². The molecule has 0 spiro atoms. The predicted octanol–water partition coefficient (Wildman–Crippen LogP) is -0.487. The molecule has 0 unspecified atom stereocenters. The second-order valence-electron chi connectivity index (χ2n) is 3.42. The van der Waals surface area contributed by atoms with E-state index in [-0.39, 0.29) is 0 Å². The van der Waals surface area contributed by atoms with Crippen LogP contribution in [0.3, 0.4) is 0 Å². The molecule has 0 saturated carbocycles. The Morgan fingerprint density at radius 3 is 2.67 bits per heavy atom. The highest BCUT2D eigenvalue weighted by Gasteiger charge is 2.13. The molecule has 0 fully saturated rings. The summed E-state index contributed by atoms with van der Waals surface area (Å²) in [6, 6.07) is 0. The number of fused-ring (bicyclic) bond motifs is 1. The fourth-order valence-corrected chi connectivity index (χ4v) is 1.84. The average molecular weight is 163 g/mol. The van der Waals surface area contributed by atoms with Crippen molar-refractivity contribution in [1.82, 2.24) is 4.57 Å². The molecule has 1 aromatic heterocycles. The van der Waals surface area contributed by atoms with Gasteiger partial charge in [0.25, 0.3) is 5.82 Å². The van der Waals surface area contributed by atoms with E-state index < -0.39 is 0 Å². The van der Waals surface area contributed by atoms with Gasteiger partial charge in [0.15, 0.2) is 10.7 Å². The fraction of sp³-hybridized carbons (Fsp3) is 0.500. The molecule has 2 heteroatoms. The number of aromatic nitrogens is 2. The van der Waals surface area contributed by atoms with Gasteiger partial charge in [0.05, 0.1) is 14.1 Å². The summed E-state index contributed by atoms with van der Waals surface area (Å²) in [5, 5.41) is 2.75. The Labute approximate surface area is 72.4 Å². The van der Waals surface area contributed by atoms with Crippen LogP contribution in [0.1, 0.15) is 18.7 Å². The Morgan fingerprint density at radius 2 is 2.00 bits per heavy atom. The van der Waals surface area contributed by atoms with Crippen LogP contribution in [-0.2, 0) is 14.1 Å². The summed E-state index contributed by atoms with van der Waals surface area (Å²) < 4.78 is 4.51. The van der Waals surface area contributed by atoms with Crippen LogP contribution < -0.4 is 15.3 Å². The molecule has 0 radical (unpaired) electrons. The lowest BCUT2D eigenvalue weighted by Crippen LogP contribution is -2.51. The maximum Gasteiger partial charge on any atom is 0.253 e. The van der Waals surface area contributed by atoms with Crippen LogP contribution in [0.15, 0.2) is 0 Å². The Morgan fingerprint density at radius 1 is 1.33 bits per heavy atom. The zero-order valence-electron chi connectivity index (χ0n) is 7.96. The number of hydrogen-bond donors (Lipinski definition) is 0. The van der Waals surface area contributed by atoms with Crippen molar-refractivity contribution in [3.8, 4) is 0 Å². The first kappa shape index (κ1) is 7.59. The molecule has 0 aromatic carbocycles. The van der Waals surface area contributed by atoms with E-state index in [0.717, 1.165) is 0 Å². The Bertz CT molecular complexity index is 384. The largest absolute Gasteiger partial charge is 0.253 e. The third-order valence-electron chi connectivity index (χ3n) is 2.80. The van der Waals surface area contributed by atoms with Gasteiger partial charge >= 0.3 is 0 Å². The molecule has 0 bridgehead atoms. The van der Waals surface area contributed by atoms with Gasteiger partial charge < -0.3 is 0 Å². The van der Waals surface area contributed by atoms with Crippen LogP contribution in [0.5, 0.6) is 0 Å². The first-order valence-electron chi connectivity index (χ1n) is 4.43. The molecular weight excluding hydrogens is 148 g/mol. The normalized spacial score (nSPS) is 14.9. The van der Waals surface area contributed by atoms with Crippen molar-refractivity contribution < 1.29 is 4.57 Å². The summed E-state index contributed by atoms with van der Waals surface area (Å²) in [7, 11) is 4.26. The van der Waals surface area contributed by atoms with Crippen molar-refractivity contribution in [2.75, 3.05) is 0 Å². The van der Waals surface area contributed by atoms with Gasteiger partial charge in [0.1, 0.15) is 0 Å². The van der Waals surface area contributed by atoms with Crippen molar-refractivity contribution in [2.24, 2.45) is 14.1 Å². The summed E-state index contributed by atoms with van der Waals surface area (Å²) in [6.07, 6.45) is 7.01. The second-order valence-corrected chi connectivity index (χ2v) is 3.42. The molecule has 2 rings (SSSR count). The minimum absolute atomic E-state index is 1.18. The van der Waals surface area contributed by atoms with Gasteiger partial charge in [-0.25, -0.2) is 9.13 Å². The molecule has 0 amide bonds. The first-order valence-corrected chi connectivity index (χ1v) is 4.43. The van der Waals surface area contributed by atoms with E-state index in [1.54, 1.807) is 0 Å². The minimum atomic E-state index is 1.18. The molecule has 1 aliphatic rings. The molecule has 0 saturated heterocycles. The first-order chi connectivity index (χ1) is 5.72. The minimum Gasteiger partial charge on any atom is -0.231 e. The number of hydrogen-bond acceptors (Lipinski definition) is 0. The van der Waals surface area contributed by atoms with Gasteiger partial charge in [-0.05, 0) is 25.0 Å².